The first-order valence-electron chi connectivity index (χ1n) is 9.56. The van der Waals surface area contributed by atoms with Crippen LogP contribution in [-0.2, 0) is 11.3 Å². The number of nitrogens with one attached hydrogen (secondary N) is 1. The maximum atomic E-state index is 11.4. The minimum atomic E-state index is -0.457. The zero-order chi connectivity index (χ0) is 22.9. The zero-order valence-electron chi connectivity index (χ0n) is 18.3. The molecule has 2 aromatic rings. The summed E-state index contributed by atoms with van der Waals surface area (Å²) in [5.41, 5.74) is 1.26. The number of benzene rings is 2. The van der Waals surface area contributed by atoms with E-state index in [1.54, 1.807) is 12.1 Å². The van der Waals surface area contributed by atoms with Crippen molar-refractivity contribution in [1.82, 2.24) is 5.32 Å². The van der Waals surface area contributed by atoms with E-state index in [0.29, 0.717) is 12.1 Å². The number of rotatable bonds is 2. The van der Waals surface area contributed by atoms with E-state index in [4.69, 9.17) is 10.00 Å². The van der Waals surface area contributed by atoms with Crippen molar-refractivity contribution in [2.24, 2.45) is 0 Å². The first-order valence-corrected chi connectivity index (χ1v) is 11.1. The number of hydrogen-bond acceptors (Lipinski definition) is 3. The van der Waals surface area contributed by atoms with Gasteiger partial charge >= 0.3 is 6.09 Å². The Morgan fingerprint density at radius 1 is 1.00 bits per heavy atom. The van der Waals surface area contributed by atoms with Gasteiger partial charge in [-0.15, -0.1) is 0 Å². The van der Waals surface area contributed by atoms with Gasteiger partial charge in [-0.05, 0) is 56.7 Å². The molecule has 0 radical (unpaired) electrons. The summed E-state index contributed by atoms with van der Waals surface area (Å²) in [6.45, 7) is 14.0. The van der Waals surface area contributed by atoms with E-state index in [1.165, 1.54) is 0 Å². The smallest absolute Gasteiger partial charge is 0.407 e. The predicted molar refractivity (Wildman–Crippen MR) is 129 cm³/mol. The number of nitriles is 1. The number of halogens is 2. The number of nitrogens with zero attached hydrogens (tertiary/aromatic N) is 1. The van der Waals surface area contributed by atoms with Crippen molar-refractivity contribution in [3.05, 3.63) is 68.6 Å². The van der Waals surface area contributed by atoms with Crippen LogP contribution in [0.25, 0.3) is 0 Å². The molecule has 0 aliphatic carbocycles. The lowest BCUT2D eigenvalue weighted by molar-refractivity contribution is 0.0523. The molecule has 4 nitrogen and oxygen atoms in total. The second-order valence-electron chi connectivity index (χ2n) is 6.11. The number of ether oxygens (including phenoxy) is 1. The molecule has 0 fully saturated rings. The third kappa shape index (κ3) is 16.8. The molecule has 0 aromatic heterocycles. The summed E-state index contributed by atoms with van der Waals surface area (Å²) in [5, 5.41) is 11.1. The molecule has 29 heavy (non-hydrogen) atoms. The number of carbonyl (C=O) groups is 1. The Morgan fingerprint density at radius 2 is 1.52 bits per heavy atom. The van der Waals surface area contributed by atoms with Gasteiger partial charge in [0.25, 0.3) is 0 Å². The molecule has 0 aliphatic rings. The van der Waals surface area contributed by atoms with Crippen LogP contribution in [0.2, 0.25) is 0 Å². The van der Waals surface area contributed by atoms with Crippen LogP contribution in [0, 0.1) is 11.3 Å². The number of hydrogen-bond donors (Lipinski definition) is 1. The van der Waals surface area contributed by atoms with Crippen molar-refractivity contribution in [2.75, 3.05) is 0 Å². The van der Waals surface area contributed by atoms with E-state index < -0.39 is 11.7 Å². The predicted octanol–water partition coefficient (Wildman–Crippen LogP) is 7.85. The third-order valence-electron chi connectivity index (χ3n) is 2.68. The maximum absolute atomic E-state index is 11.4. The van der Waals surface area contributed by atoms with Gasteiger partial charge in [-0.2, -0.15) is 5.26 Å². The van der Waals surface area contributed by atoms with Crippen LogP contribution < -0.4 is 5.32 Å². The quantitative estimate of drug-likeness (QED) is 0.432. The van der Waals surface area contributed by atoms with Gasteiger partial charge in [-0.3, -0.25) is 0 Å². The highest BCUT2D eigenvalue weighted by Gasteiger charge is 2.15. The van der Waals surface area contributed by atoms with E-state index in [0.717, 1.165) is 14.5 Å². The van der Waals surface area contributed by atoms with Gasteiger partial charge in [-0.1, -0.05) is 77.8 Å². The Bertz CT molecular complexity index is 751. The van der Waals surface area contributed by atoms with Crippen molar-refractivity contribution < 1.29 is 9.53 Å². The minimum Gasteiger partial charge on any atom is -0.444 e. The molecule has 6 heteroatoms. The molecule has 0 spiro atoms. The molecule has 0 saturated carbocycles. The van der Waals surface area contributed by atoms with Gasteiger partial charge in [0.05, 0.1) is 11.6 Å². The summed E-state index contributed by atoms with van der Waals surface area (Å²) in [5.74, 6) is 0. The van der Waals surface area contributed by atoms with Gasteiger partial charge in [-0.25, -0.2) is 4.79 Å². The third-order valence-corrected chi connectivity index (χ3v) is 3.66. The van der Waals surface area contributed by atoms with Crippen LogP contribution in [0.1, 0.15) is 59.6 Å². The topological polar surface area (TPSA) is 62.1 Å². The molecule has 0 unspecified atom stereocenters. The second kappa shape index (κ2) is 17.1. The van der Waals surface area contributed by atoms with Gasteiger partial charge in [0.1, 0.15) is 5.60 Å². The van der Waals surface area contributed by atoms with Gasteiger partial charge in [0.15, 0.2) is 0 Å². The Hall–Kier alpha value is -1.84. The fraction of sp³-hybridized carbons (Fsp3) is 0.391. The first-order chi connectivity index (χ1) is 13.7. The molecule has 0 bridgehead atoms. The molecular weight excluding hydrogens is 496 g/mol. The summed E-state index contributed by atoms with van der Waals surface area (Å²) in [6, 6.07) is 17.1. The van der Waals surface area contributed by atoms with Crippen molar-refractivity contribution >= 4 is 38.0 Å². The Balaban J connectivity index is 0. The van der Waals surface area contributed by atoms with Crippen molar-refractivity contribution in [1.29, 1.82) is 5.26 Å². The molecule has 0 atom stereocenters. The average molecular weight is 528 g/mol. The Labute approximate surface area is 192 Å². The lowest BCUT2D eigenvalue weighted by atomic mass is 10.2. The Kier molecular flexibility index (Phi) is 17.3. The minimum absolute atomic E-state index is 0.396. The number of alkyl carbamates (subject to hydrolysis) is 1. The van der Waals surface area contributed by atoms with Gasteiger partial charge in [0, 0.05) is 15.5 Å². The highest BCUT2D eigenvalue weighted by Crippen LogP contribution is 2.12. The molecule has 2 aromatic carbocycles. The molecule has 1 amide bonds. The molecule has 0 aliphatic heterocycles. The van der Waals surface area contributed by atoms with Crippen LogP contribution in [0.5, 0.6) is 0 Å². The van der Waals surface area contributed by atoms with Crippen LogP contribution in [0.4, 0.5) is 4.79 Å². The zero-order valence-corrected chi connectivity index (χ0v) is 21.5. The van der Waals surface area contributed by atoms with E-state index in [9.17, 15) is 4.79 Å². The van der Waals surface area contributed by atoms with Crippen LogP contribution >= 0.6 is 31.9 Å². The average Bonchev–Trinajstić information content (AvgIpc) is 2.69. The summed E-state index contributed by atoms with van der Waals surface area (Å²) in [7, 11) is 0. The normalized spacial score (nSPS) is 9.10. The van der Waals surface area contributed by atoms with Crippen LogP contribution in [0.15, 0.2) is 57.5 Å². The van der Waals surface area contributed by atoms with Crippen LogP contribution in [0.3, 0.4) is 0 Å². The first kappa shape index (κ1) is 29.4. The van der Waals surface area contributed by atoms with Crippen LogP contribution in [-0.4, -0.2) is 11.7 Å². The molecule has 0 heterocycles. The summed E-state index contributed by atoms with van der Waals surface area (Å²) < 4.78 is 7.07. The molecule has 160 valence electrons. The molecule has 0 saturated heterocycles. The fourth-order valence-electron chi connectivity index (χ4n) is 1.69. The molecule has 1 N–H and O–H groups in total. The molecule has 2 rings (SSSR count). The van der Waals surface area contributed by atoms with E-state index in [-0.39, 0.29) is 0 Å². The lowest BCUT2D eigenvalue weighted by Crippen LogP contribution is -2.32. The standard InChI is InChI=1S/C12H16BrNO2.C7H4BrN.2C2H6/c1-12(2,3)16-11(15)14-8-9-5-4-6-10(13)7-9;8-7-3-1-2-6(4-7)5-9;2*1-2/h4-7H,8H2,1-3H3,(H,14,15);1-4H;2*1-2H3. The van der Waals surface area contributed by atoms with E-state index in [1.807, 2.05) is 90.9 Å². The Morgan fingerprint density at radius 3 is 1.93 bits per heavy atom. The SMILES string of the molecule is CC.CC.CC(C)(C)OC(=O)NCc1cccc(Br)c1.N#Cc1cccc(Br)c1. The largest absolute Gasteiger partial charge is 0.444 e. The summed E-state index contributed by atoms with van der Waals surface area (Å²) in [6.07, 6.45) is -0.396. The van der Waals surface area contributed by atoms with Crippen molar-refractivity contribution in [3.8, 4) is 6.07 Å². The highest BCUT2D eigenvalue weighted by atomic mass is 79.9. The van der Waals surface area contributed by atoms with Crippen molar-refractivity contribution in [3.63, 3.8) is 0 Å². The van der Waals surface area contributed by atoms with E-state index in [2.05, 4.69) is 37.2 Å². The van der Waals surface area contributed by atoms with Crippen molar-refractivity contribution in [2.45, 2.75) is 60.6 Å². The number of amides is 1. The van der Waals surface area contributed by atoms with Gasteiger partial charge < -0.3 is 10.1 Å². The van der Waals surface area contributed by atoms with Gasteiger partial charge in [0.2, 0.25) is 0 Å². The second-order valence-corrected chi connectivity index (χ2v) is 7.94. The monoisotopic (exact) mass is 526 g/mol. The summed E-state index contributed by atoms with van der Waals surface area (Å²) in [4.78, 5) is 11.4. The fourth-order valence-corrected chi connectivity index (χ4v) is 2.54. The molecular formula is C23H32Br2N2O2. The summed E-state index contributed by atoms with van der Waals surface area (Å²) >= 11 is 6.63. The lowest BCUT2D eigenvalue weighted by Gasteiger charge is -2.19. The van der Waals surface area contributed by atoms with E-state index >= 15 is 0 Å². The maximum Gasteiger partial charge on any atom is 0.407 e. The number of carbonyl (C=O) groups excluding carboxylic acids is 1. The highest BCUT2D eigenvalue weighted by molar-refractivity contribution is 9.10.